The molecule has 0 atom stereocenters. The molecule has 168 valence electrons. The minimum Gasteiger partial charge on any atom is -0.478 e. The number of carbonyl (C=O) groups excluding carboxylic acids is 1. The first-order valence-electron chi connectivity index (χ1n) is 8.90. The average Bonchev–Trinajstić information content (AvgIpc) is 2.69. The number of halogens is 4. The Morgan fingerprint density at radius 1 is 1.00 bits per heavy atom. The number of carboxylic acid groups (broad SMARTS) is 2. The van der Waals surface area contributed by atoms with Crippen LogP contribution in [-0.2, 0) is 4.79 Å². The topological polar surface area (TPSA) is 107 Å². The van der Waals surface area contributed by atoms with Crippen molar-refractivity contribution in [1.29, 1.82) is 0 Å². The molecule has 0 saturated carbocycles. The molecule has 0 fully saturated rings. The number of hydrogen-bond donors (Lipinski definition) is 3. The first-order chi connectivity index (χ1) is 14.4. The van der Waals surface area contributed by atoms with E-state index in [1.54, 1.807) is 30.3 Å². The molecule has 2 aromatic rings. The maximum atomic E-state index is 12.5. The Hall–Kier alpha value is -3.27. The van der Waals surface area contributed by atoms with Gasteiger partial charge in [-0.25, -0.2) is 9.59 Å². The number of aliphatic carboxylic acids is 1. The van der Waals surface area contributed by atoms with Crippen LogP contribution in [0.25, 0.3) is 0 Å². The van der Waals surface area contributed by atoms with Crippen molar-refractivity contribution in [2.75, 3.05) is 23.3 Å². The Balaban J connectivity index is 0.000000592. The Labute approximate surface area is 181 Å². The molecule has 3 N–H and O–H groups in total. The number of nitrogens with zero attached hydrogens (tertiary/aromatic N) is 1. The Morgan fingerprint density at radius 3 is 2.03 bits per heavy atom. The van der Waals surface area contributed by atoms with Gasteiger partial charge in [-0.05, 0) is 50.2 Å². The molecular weight excluding hydrogens is 441 g/mol. The molecule has 31 heavy (non-hydrogen) atoms. The molecule has 0 radical (unpaired) electrons. The number of anilines is 2. The summed E-state index contributed by atoms with van der Waals surface area (Å²) in [6, 6.07) is 11.3. The van der Waals surface area contributed by atoms with Gasteiger partial charge in [0.2, 0.25) is 0 Å². The van der Waals surface area contributed by atoms with Gasteiger partial charge in [-0.2, -0.15) is 13.2 Å². The van der Waals surface area contributed by atoms with Gasteiger partial charge in [0.1, 0.15) is 0 Å². The van der Waals surface area contributed by atoms with Crippen molar-refractivity contribution >= 4 is 40.8 Å². The predicted molar refractivity (Wildman–Crippen MR) is 110 cm³/mol. The van der Waals surface area contributed by atoms with E-state index in [1.165, 1.54) is 12.1 Å². The molecule has 0 aliphatic rings. The van der Waals surface area contributed by atoms with Gasteiger partial charge >= 0.3 is 18.1 Å². The van der Waals surface area contributed by atoms with Crippen LogP contribution in [0.4, 0.5) is 24.5 Å². The highest BCUT2D eigenvalue weighted by Crippen LogP contribution is 2.28. The number of nitrogens with one attached hydrogen (secondary N) is 1. The second-order valence-electron chi connectivity index (χ2n) is 5.98. The number of rotatable bonds is 6. The third-order valence-corrected chi connectivity index (χ3v) is 4.16. The van der Waals surface area contributed by atoms with E-state index in [1.807, 2.05) is 18.7 Å². The summed E-state index contributed by atoms with van der Waals surface area (Å²) in [4.78, 5) is 34.6. The minimum atomic E-state index is -5.08. The molecule has 0 unspecified atom stereocenters. The average molecular weight is 461 g/mol. The Bertz CT molecular complexity index is 947. The van der Waals surface area contributed by atoms with Gasteiger partial charge in [0, 0.05) is 23.7 Å². The van der Waals surface area contributed by atoms with Gasteiger partial charge in [-0.3, -0.25) is 4.79 Å². The van der Waals surface area contributed by atoms with Gasteiger partial charge in [0.25, 0.3) is 5.91 Å². The van der Waals surface area contributed by atoms with E-state index in [4.69, 9.17) is 21.5 Å². The predicted octanol–water partition coefficient (Wildman–Crippen LogP) is 4.77. The van der Waals surface area contributed by atoms with Crippen molar-refractivity contribution in [3.63, 3.8) is 0 Å². The quantitative estimate of drug-likeness (QED) is 0.573. The fourth-order valence-corrected chi connectivity index (χ4v) is 2.62. The number of carbonyl (C=O) groups is 3. The van der Waals surface area contributed by atoms with Crippen LogP contribution < -0.4 is 10.2 Å². The standard InChI is InChI=1S/C18H19ClN2O3.C2HF3O2/c1-3-21(4-2)16-9-8-13(18(23)24)11-15(16)20-17(22)12-6-5-7-14(19)10-12;3-2(4,5)1(6)7/h5-11H,3-4H2,1-2H3,(H,20,22)(H,23,24);(H,6,7). The SMILES string of the molecule is CCN(CC)c1ccc(C(=O)O)cc1NC(=O)c1cccc(Cl)c1.O=C(O)C(F)(F)F. The van der Waals surface area contributed by atoms with Crippen LogP contribution in [0.5, 0.6) is 0 Å². The van der Waals surface area contributed by atoms with Crippen LogP contribution in [0.1, 0.15) is 34.6 Å². The number of benzene rings is 2. The molecular formula is C20H20ClF3N2O5. The lowest BCUT2D eigenvalue weighted by Crippen LogP contribution is -2.24. The molecule has 0 aromatic heterocycles. The molecule has 2 aromatic carbocycles. The third kappa shape index (κ3) is 7.82. The van der Waals surface area contributed by atoms with E-state index in [2.05, 4.69) is 5.32 Å². The van der Waals surface area contributed by atoms with Crippen molar-refractivity contribution in [1.82, 2.24) is 0 Å². The lowest BCUT2D eigenvalue weighted by molar-refractivity contribution is -0.192. The van der Waals surface area contributed by atoms with Crippen LogP contribution in [0.3, 0.4) is 0 Å². The maximum Gasteiger partial charge on any atom is 0.490 e. The summed E-state index contributed by atoms with van der Waals surface area (Å²) in [5, 5.41) is 19.6. The summed E-state index contributed by atoms with van der Waals surface area (Å²) in [5.74, 6) is -4.14. The van der Waals surface area contributed by atoms with E-state index in [-0.39, 0.29) is 11.5 Å². The first-order valence-corrected chi connectivity index (χ1v) is 9.27. The number of alkyl halides is 3. The zero-order valence-electron chi connectivity index (χ0n) is 16.5. The molecule has 0 bridgehead atoms. The molecule has 0 spiro atoms. The summed E-state index contributed by atoms with van der Waals surface area (Å²) >= 11 is 5.92. The second kappa shape index (κ2) is 11.2. The van der Waals surface area contributed by atoms with E-state index < -0.39 is 18.1 Å². The van der Waals surface area contributed by atoms with Crippen molar-refractivity contribution in [3.8, 4) is 0 Å². The number of carboxylic acids is 2. The zero-order chi connectivity index (χ0) is 23.8. The van der Waals surface area contributed by atoms with Gasteiger partial charge in [0.05, 0.1) is 16.9 Å². The maximum absolute atomic E-state index is 12.5. The van der Waals surface area contributed by atoms with E-state index in [0.29, 0.717) is 16.3 Å². The summed E-state index contributed by atoms with van der Waals surface area (Å²) in [6.45, 7) is 5.47. The molecule has 11 heteroatoms. The lowest BCUT2D eigenvalue weighted by atomic mass is 10.1. The van der Waals surface area contributed by atoms with Crippen LogP contribution in [0, 0.1) is 0 Å². The van der Waals surface area contributed by atoms with Gasteiger partial charge < -0.3 is 20.4 Å². The summed E-state index contributed by atoms with van der Waals surface area (Å²) in [5.41, 5.74) is 1.77. The Morgan fingerprint density at radius 2 is 1.58 bits per heavy atom. The minimum absolute atomic E-state index is 0.118. The molecule has 0 saturated heterocycles. The van der Waals surface area contributed by atoms with Crippen LogP contribution in [0.2, 0.25) is 5.02 Å². The van der Waals surface area contributed by atoms with Crippen molar-refractivity contribution in [3.05, 3.63) is 58.6 Å². The monoisotopic (exact) mass is 460 g/mol. The smallest absolute Gasteiger partial charge is 0.478 e. The Kier molecular flexibility index (Phi) is 9.32. The number of aromatic carboxylic acids is 1. The van der Waals surface area contributed by atoms with Gasteiger partial charge in [-0.1, -0.05) is 17.7 Å². The molecule has 1 amide bonds. The van der Waals surface area contributed by atoms with Crippen LogP contribution in [-0.4, -0.2) is 47.3 Å². The van der Waals surface area contributed by atoms with Gasteiger partial charge in [0.15, 0.2) is 0 Å². The van der Waals surface area contributed by atoms with Crippen molar-refractivity contribution < 1.29 is 37.8 Å². The third-order valence-electron chi connectivity index (χ3n) is 3.93. The summed E-state index contributed by atoms with van der Waals surface area (Å²) in [6.07, 6.45) is -5.08. The fraction of sp³-hybridized carbons (Fsp3) is 0.250. The van der Waals surface area contributed by atoms with Crippen molar-refractivity contribution in [2.45, 2.75) is 20.0 Å². The summed E-state index contributed by atoms with van der Waals surface area (Å²) < 4.78 is 31.7. The molecule has 0 heterocycles. The molecule has 0 aliphatic heterocycles. The van der Waals surface area contributed by atoms with Crippen molar-refractivity contribution in [2.24, 2.45) is 0 Å². The first kappa shape index (κ1) is 25.8. The highest BCUT2D eigenvalue weighted by molar-refractivity contribution is 6.31. The highest BCUT2D eigenvalue weighted by Gasteiger charge is 2.38. The second-order valence-corrected chi connectivity index (χ2v) is 6.41. The zero-order valence-corrected chi connectivity index (χ0v) is 17.3. The lowest BCUT2D eigenvalue weighted by Gasteiger charge is -2.24. The molecule has 7 nitrogen and oxygen atoms in total. The normalized spacial score (nSPS) is 10.5. The largest absolute Gasteiger partial charge is 0.490 e. The molecule has 2 rings (SSSR count). The van der Waals surface area contributed by atoms with Gasteiger partial charge in [-0.15, -0.1) is 0 Å². The number of hydrogen-bond acceptors (Lipinski definition) is 4. The summed E-state index contributed by atoms with van der Waals surface area (Å²) in [7, 11) is 0. The van der Waals surface area contributed by atoms with E-state index >= 15 is 0 Å². The highest BCUT2D eigenvalue weighted by atomic mass is 35.5. The van der Waals surface area contributed by atoms with E-state index in [0.717, 1.165) is 18.8 Å². The fourth-order valence-electron chi connectivity index (χ4n) is 2.43. The van der Waals surface area contributed by atoms with Crippen LogP contribution in [0.15, 0.2) is 42.5 Å². The van der Waals surface area contributed by atoms with Crippen LogP contribution >= 0.6 is 11.6 Å². The molecule has 0 aliphatic carbocycles. The number of amides is 1. The van der Waals surface area contributed by atoms with E-state index in [9.17, 15) is 27.9 Å².